The maximum absolute atomic E-state index is 13.5. The third-order valence-corrected chi connectivity index (χ3v) is 8.25. The second-order valence-electron chi connectivity index (χ2n) is 8.73. The van der Waals surface area contributed by atoms with Gasteiger partial charge < -0.3 is 9.47 Å². The molecule has 0 spiro atoms. The van der Waals surface area contributed by atoms with Crippen LogP contribution in [0.3, 0.4) is 0 Å². The molecule has 2 atom stereocenters. The number of aromatic amines is 1. The number of nitrogens with zero attached hydrogens (tertiary/aromatic N) is 6. The molecular formula is C22H25ClN8O4S. The molecule has 0 radical (unpaired) electrons. The third kappa shape index (κ3) is 4.32. The number of rotatable bonds is 10. The minimum atomic E-state index is -4.03. The number of nitrogens with one attached hydrogen (secondary N) is 2. The number of ether oxygens (including phenoxy) is 2. The van der Waals surface area contributed by atoms with Gasteiger partial charge in [-0.2, -0.15) is 5.10 Å². The molecule has 36 heavy (non-hydrogen) atoms. The van der Waals surface area contributed by atoms with Gasteiger partial charge in [0.2, 0.25) is 16.0 Å². The van der Waals surface area contributed by atoms with Crippen LogP contribution in [0.25, 0.3) is 22.4 Å². The molecular weight excluding hydrogens is 508 g/mol. The lowest BCUT2D eigenvalue weighted by Gasteiger charge is -2.24. The lowest BCUT2D eigenvalue weighted by Crippen LogP contribution is -2.35. The first-order valence-corrected chi connectivity index (χ1v) is 13.1. The Hall–Kier alpha value is -3.13. The third-order valence-electron chi connectivity index (χ3n) is 6.36. The lowest BCUT2D eigenvalue weighted by atomic mass is 10.2. The Morgan fingerprint density at radius 2 is 1.92 bits per heavy atom. The lowest BCUT2D eigenvalue weighted by molar-refractivity contribution is 0.0950. The van der Waals surface area contributed by atoms with Crippen molar-refractivity contribution in [2.75, 3.05) is 25.5 Å². The molecule has 1 aliphatic carbocycles. The molecule has 4 aromatic rings. The zero-order valence-corrected chi connectivity index (χ0v) is 21.4. The predicted molar refractivity (Wildman–Crippen MR) is 133 cm³/mol. The van der Waals surface area contributed by atoms with Crippen LogP contribution < -0.4 is 4.72 Å². The van der Waals surface area contributed by atoms with Gasteiger partial charge in [-0.25, -0.2) is 18.4 Å². The fraction of sp³-hybridized carbons (Fsp3) is 0.409. The summed E-state index contributed by atoms with van der Waals surface area (Å²) in [5.74, 6) is 0.713. The molecule has 0 aliphatic heterocycles. The number of benzene rings is 1. The van der Waals surface area contributed by atoms with Crippen LogP contribution in [0.1, 0.15) is 31.7 Å². The van der Waals surface area contributed by atoms with E-state index in [2.05, 4.69) is 35.1 Å². The average molecular weight is 533 g/mol. The normalized spacial score (nSPS) is 16.7. The number of H-pyrrole nitrogens is 1. The summed E-state index contributed by atoms with van der Waals surface area (Å²) in [6.07, 6.45) is 3.39. The molecule has 0 amide bonds. The summed E-state index contributed by atoms with van der Waals surface area (Å²) in [5.41, 5.74) is 0.915. The molecule has 14 heteroatoms. The maximum atomic E-state index is 13.5. The van der Waals surface area contributed by atoms with Gasteiger partial charge in [-0.3, -0.25) is 14.4 Å². The average Bonchev–Trinajstić information content (AvgIpc) is 3.32. The monoisotopic (exact) mass is 532 g/mol. The molecule has 2 N–H and O–H groups in total. The summed E-state index contributed by atoms with van der Waals surface area (Å²) in [6.45, 7) is 1.88. The Labute approximate surface area is 212 Å². The summed E-state index contributed by atoms with van der Waals surface area (Å²) in [7, 11) is -1.03. The van der Waals surface area contributed by atoms with Gasteiger partial charge in [0.05, 0.1) is 22.7 Å². The molecule has 0 unspecified atom stereocenters. The van der Waals surface area contributed by atoms with Crippen LogP contribution in [0.5, 0.6) is 0 Å². The molecule has 190 valence electrons. The first-order chi connectivity index (χ1) is 17.3. The highest BCUT2D eigenvalue weighted by Gasteiger charge is 2.49. The standard InChI is InChI=1S/C22H25ClN8O4S/c1-13(18(35-3)19-24-10-14(23)11-25-19)36(32,33)30-21-29-28-20(31(21)22(8-9-22)12-34-2)17-15-6-4-5-7-16(15)26-27-17/h4-7,10-11,13,18H,8-9,12H2,1-3H3,(H,26,27)(H,29,30)/t13-,18-/m0/s1. The molecule has 0 bridgehead atoms. The maximum Gasteiger partial charge on any atom is 0.240 e. The van der Waals surface area contributed by atoms with Crippen molar-refractivity contribution >= 4 is 38.5 Å². The van der Waals surface area contributed by atoms with E-state index in [4.69, 9.17) is 21.1 Å². The highest BCUT2D eigenvalue weighted by atomic mass is 35.5. The Bertz CT molecular complexity index is 1480. The Morgan fingerprint density at radius 3 is 2.58 bits per heavy atom. The highest BCUT2D eigenvalue weighted by molar-refractivity contribution is 7.93. The van der Waals surface area contributed by atoms with Gasteiger partial charge in [-0.05, 0) is 25.8 Å². The quantitative estimate of drug-likeness (QED) is 0.314. The second-order valence-corrected chi connectivity index (χ2v) is 11.2. The van der Waals surface area contributed by atoms with E-state index in [1.807, 2.05) is 24.3 Å². The zero-order valence-electron chi connectivity index (χ0n) is 19.8. The first kappa shape index (κ1) is 24.6. The van der Waals surface area contributed by atoms with Gasteiger partial charge >= 0.3 is 0 Å². The van der Waals surface area contributed by atoms with Gasteiger partial charge in [0.1, 0.15) is 17.0 Å². The first-order valence-electron chi connectivity index (χ1n) is 11.2. The van der Waals surface area contributed by atoms with Gasteiger partial charge in [0, 0.05) is 32.0 Å². The molecule has 1 aromatic carbocycles. The molecule has 1 aliphatic rings. The second kappa shape index (κ2) is 9.39. The van der Waals surface area contributed by atoms with Crippen LogP contribution >= 0.6 is 11.6 Å². The van der Waals surface area contributed by atoms with Gasteiger partial charge in [-0.15, -0.1) is 10.2 Å². The van der Waals surface area contributed by atoms with Crippen LogP contribution in [-0.2, 0) is 25.0 Å². The van der Waals surface area contributed by atoms with Gasteiger partial charge in [0.15, 0.2) is 11.6 Å². The van der Waals surface area contributed by atoms with Crippen molar-refractivity contribution in [3.05, 3.63) is 47.5 Å². The number of methoxy groups -OCH3 is 2. The Balaban J connectivity index is 1.54. The van der Waals surface area contributed by atoms with E-state index in [1.165, 1.54) is 26.4 Å². The number of halogens is 1. The smallest absolute Gasteiger partial charge is 0.240 e. The number of sulfonamides is 1. The van der Waals surface area contributed by atoms with Crippen LogP contribution in [0.15, 0.2) is 36.7 Å². The van der Waals surface area contributed by atoms with E-state index in [9.17, 15) is 8.42 Å². The zero-order chi connectivity index (χ0) is 25.5. The summed E-state index contributed by atoms with van der Waals surface area (Å²) in [4.78, 5) is 8.25. The number of hydrogen-bond acceptors (Lipinski definition) is 9. The number of anilines is 1. The predicted octanol–water partition coefficient (Wildman–Crippen LogP) is 2.92. The van der Waals surface area contributed by atoms with Crippen LogP contribution in [-0.4, -0.2) is 69.4 Å². The minimum Gasteiger partial charge on any atom is -0.382 e. The number of aromatic nitrogens is 7. The molecule has 5 rings (SSSR count). The van der Waals surface area contributed by atoms with Crippen molar-refractivity contribution in [3.8, 4) is 11.5 Å². The SMILES string of the molecule is COCC1(n2c(NS(=O)(=O)[C@@H](C)[C@H](OC)c3ncc(Cl)cn3)nnc2-c2n[nH]c3ccccc23)CC1. The van der Waals surface area contributed by atoms with Crippen LogP contribution in [0, 0.1) is 0 Å². The van der Waals surface area contributed by atoms with Crippen molar-refractivity contribution in [2.45, 2.75) is 36.7 Å². The van der Waals surface area contributed by atoms with E-state index >= 15 is 0 Å². The topological polar surface area (TPSA) is 150 Å². The van der Waals surface area contributed by atoms with Crippen LogP contribution in [0.2, 0.25) is 5.02 Å². The fourth-order valence-electron chi connectivity index (χ4n) is 4.29. The molecule has 1 saturated carbocycles. The van der Waals surface area contributed by atoms with E-state index in [1.54, 1.807) is 11.7 Å². The molecule has 3 heterocycles. The molecule has 0 saturated heterocycles. The summed E-state index contributed by atoms with van der Waals surface area (Å²) in [5, 5.41) is 16.1. The number of fused-ring (bicyclic) bond motifs is 1. The van der Waals surface area contributed by atoms with Crippen molar-refractivity contribution < 1.29 is 17.9 Å². The number of hydrogen-bond donors (Lipinski definition) is 2. The van der Waals surface area contributed by atoms with E-state index in [0.717, 1.165) is 23.7 Å². The van der Waals surface area contributed by atoms with Crippen molar-refractivity contribution in [3.63, 3.8) is 0 Å². The Morgan fingerprint density at radius 1 is 1.19 bits per heavy atom. The van der Waals surface area contributed by atoms with Crippen molar-refractivity contribution in [2.24, 2.45) is 0 Å². The van der Waals surface area contributed by atoms with E-state index in [0.29, 0.717) is 23.1 Å². The molecule has 3 aromatic heterocycles. The summed E-state index contributed by atoms with van der Waals surface area (Å²) < 4.78 is 42.3. The largest absolute Gasteiger partial charge is 0.382 e. The van der Waals surface area contributed by atoms with Crippen molar-refractivity contribution in [1.29, 1.82) is 0 Å². The minimum absolute atomic E-state index is 0.0744. The summed E-state index contributed by atoms with van der Waals surface area (Å²) in [6, 6.07) is 7.63. The van der Waals surface area contributed by atoms with E-state index in [-0.39, 0.29) is 11.8 Å². The van der Waals surface area contributed by atoms with E-state index < -0.39 is 26.9 Å². The van der Waals surface area contributed by atoms with Crippen LogP contribution in [0.4, 0.5) is 5.95 Å². The van der Waals surface area contributed by atoms with Gasteiger partial charge in [-0.1, -0.05) is 29.8 Å². The highest BCUT2D eigenvalue weighted by Crippen LogP contribution is 2.48. The van der Waals surface area contributed by atoms with Crippen molar-refractivity contribution in [1.82, 2.24) is 34.9 Å². The fourth-order valence-corrected chi connectivity index (χ4v) is 5.52. The number of para-hydroxylation sites is 1. The molecule has 12 nitrogen and oxygen atoms in total. The molecule has 1 fully saturated rings. The summed E-state index contributed by atoms with van der Waals surface area (Å²) >= 11 is 5.88. The Kier molecular flexibility index (Phi) is 6.41. The van der Waals surface area contributed by atoms with Gasteiger partial charge in [0.25, 0.3) is 0 Å².